The van der Waals surface area contributed by atoms with Gasteiger partial charge < -0.3 is 20.3 Å². The van der Waals surface area contributed by atoms with Crippen LogP contribution in [0.1, 0.15) is 54.6 Å². The number of aromatic nitrogens is 1. The van der Waals surface area contributed by atoms with E-state index in [2.05, 4.69) is 26.4 Å². The first-order valence-electron chi connectivity index (χ1n) is 9.12. The molecule has 5 rings (SSSR count). The van der Waals surface area contributed by atoms with Crippen LogP contribution in [0.3, 0.4) is 0 Å². The normalized spacial score (nSPS) is 34.7. The van der Waals surface area contributed by atoms with E-state index in [9.17, 15) is 9.59 Å². The molecule has 0 unspecified atom stereocenters. The first-order valence-corrected chi connectivity index (χ1v) is 9.91. The summed E-state index contributed by atoms with van der Waals surface area (Å²) in [4.78, 5) is 24.2. The first kappa shape index (κ1) is 17.8. The fourth-order valence-electron chi connectivity index (χ4n) is 5.72. The number of esters is 1. The minimum absolute atomic E-state index is 0.0834. The molecule has 7 nitrogen and oxygen atoms in total. The van der Waals surface area contributed by atoms with Gasteiger partial charge in [-0.15, -0.1) is 0 Å². The minimum Gasteiger partial charge on any atom is -0.452 e. The lowest BCUT2D eigenvalue weighted by molar-refractivity contribution is -0.126. The van der Waals surface area contributed by atoms with Gasteiger partial charge in [0.2, 0.25) is 5.88 Å². The summed E-state index contributed by atoms with van der Waals surface area (Å²) in [6.45, 7) is 1.92. The molecule has 0 aliphatic heterocycles. The Labute approximate surface area is 160 Å². The number of ether oxygens (including phenoxy) is 1. The molecule has 4 aliphatic carbocycles. The Morgan fingerprint density at radius 3 is 2.62 bits per heavy atom. The molecule has 4 fully saturated rings. The van der Waals surface area contributed by atoms with Crippen molar-refractivity contribution < 1.29 is 18.8 Å². The third-order valence-electron chi connectivity index (χ3n) is 6.20. The van der Waals surface area contributed by atoms with E-state index in [0.717, 1.165) is 18.3 Å². The van der Waals surface area contributed by atoms with Crippen molar-refractivity contribution in [2.75, 3.05) is 18.9 Å². The van der Waals surface area contributed by atoms with Gasteiger partial charge in [0.05, 0.1) is 5.69 Å². The van der Waals surface area contributed by atoms with E-state index >= 15 is 0 Å². The van der Waals surface area contributed by atoms with Gasteiger partial charge in [0, 0.05) is 10.9 Å². The van der Waals surface area contributed by atoms with Gasteiger partial charge in [-0.3, -0.25) is 4.79 Å². The quantitative estimate of drug-likeness (QED) is 0.554. The number of carbonyl (C=O) groups is 2. The van der Waals surface area contributed by atoms with Crippen LogP contribution in [0, 0.1) is 24.2 Å². The zero-order valence-electron chi connectivity index (χ0n) is 14.8. The number of anilines is 1. The zero-order valence-corrected chi connectivity index (χ0v) is 16.4. The Bertz CT molecular complexity index is 713. The van der Waals surface area contributed by atoms with E-state index in [4.69, 9.17) is 15.0 Å². The van der Waals surface area contributed by atoms with E-state index in [1.54, 1.807) is 6.92 Å². The van der Waals surface area contributed by atoms with Gasteiger partial charge in [-0.05, 0) is 62.7 Å². The molecule has 0 radical (unpaired) electrons. The van der Waals surface area contributed by atoms with Gasteiger partial charge in [0.25, 0.3) is 5.91 Å². The summed E-state index contributed by atoms with van der Waals surface area (Å²) < 4.78 is 10.1. The molecule has 8 heteroatoms. The van der Waals surface area contributed by atoms with E-state index in [-0.39, 0.29) is 33.7 Å². The van der Waals surface area contributed by atoms with Crippen molar-refractivity contribution >= 4 is 33.7 Å². The number of amides is 1. The number of alkyl halides is 1. The molecule has 0 saturated heterocycles. The Morgan fingerprint density at radius 1 is 1.35 bits per heavy atom. The van der Waals surface area contributed by atoms with Crippen LogP contribution in [0.15, 0.2) is 4.52 Å². The second kappa shape index (κ2) is 6.25. The molecule has 1 aromatic rings. The number of halogens is 1. The number of nitrogens with one attached hydrogen (secondary N) is 1. The lowest BCUT2D eigenvalue weighted by Gasteiger charge is -2.60. The average Bonchev–Trinajstić information content (AvgIpc) is 2.87. The number of nitrogen functional groups attached to an aromatic ring is 1. The molecule has 26 heavy (non-hydrogen) atoms. The van der Waals surface area contributed by atoms with E-state index in [1.807, 2.05) is 0 Å². The number of aryl methyl sites for hydroxylation is 1. The number of carbonyl (C=O) groups excluding carboxylic acids is 2. The van der Waals surface area contributed by atoms with Crippen LogP contribution in [0.4, 0.5) is 5.88 Å². The summed E-state index contributed by atoms with van der Waals surface area (Å²) in [6, 6.07) is 0. The first-order chi connectivity index (χ1) is 12.3. The maximum Gasteiger partial charge on any atom is 0.346 e. The van der Waals surface area contributed by atoms with Crippen molar-refractivity contribution in [1.82, 2.24) is 10.5 Å². The molecular weight excluding hydrogens is 402 g/mol. The summed E-state index contributed by atoms with van der Waals surface area (Å²) >= 11 is 3.98. The summed E-state index contributed by atoms with van der Waals surface area (Å²) in [6.07, 6.45) is 7.34. The van der Waals surface area contributed by atoms with Crippen LogP contribution in [0.5, 0.6) is 0 Å². The highest BCUT2D eigenvalue weighted by atomic mass is 79.9. The lowest BCUT2D eigenvalue weighted by Crippen LogP contribution is -2.56. The second-order valence-corrected chi connectivity index (χ2v) is 10.2. The minimum atomic E-state index is -0.689. The number of nitrogens with two attached hydrogens (primary N) is 1. The highest BCUT2D eigenvalue weighted by Gasteiger charge is 2.56. The number of hydrogen-bond donors (Lipinski definition) is 2. The molecular formula is C18H24BrN3O4. The number of rotatable bonds is 5. The van der Waals surface area contributed by atoms with Crippen molar-refractivity contribution in [3.05, 3.63) is 11.3 Å². The van der Waals surface area contributed by atoms with Crippen LogP contribution in [0.25, 0.3) is 0 Å². The number of hydrogen-bond acceptors (Lipinski definition) is 6. The molecule has 2 atom stereocenters. The van der Waals surface area contributed by atoms with Crippen molar-refractivity contribution in [2.24, 2.45) is 17.3 Å². The van der Waals surface area contributed by atoms with Crippen LogP contribution in [0.2, 0.25) is 0 Å². The molecule has 4 bridgehead atoms. The number of nitrogens with zero attached hydrogens (tertiary/aromatic N) is 1. The molecule has 1 amide bonds. The highest BCUT2D eigenvalue weighted by molar-refractivity contribution is 9.10. The van der Waals surface area contributed by atoms with Gasteiger partial charge in [-0.1, -0.05) is 21.1 Å². The predicted octanol–water partition coefficient (Wildman–Crippen LogP) is 2.57. The highest BCUT2D eigenvalue weighted by Crippen LogP contribution is 2.64. The molecule has 4 aliphatic rings. The van der Waals surface area contributed by atoms with Gasteiger partial charge in [0.1, 0.15) is 5.56 Å². The summed E-state index contributed by atoms with van der Waals surface area (Å²) in [5, 5.41) is 6.59. The topological polar surface area (TPSA) is 107 Å². The molecule has 4 saturated carbocycles. The lowest BCUT2D eigenvalue weighted by atomic mass is 9.49. The predicted molar refractivity (Wildman–Crippen MR) is 97.7 cm³/mol. The van der Waals surface area contributed by atoms with E-state index < -0.39 is 5.97 Å². The molecule has 0 aromatic carbocycles. The summed E-state index contributed by atoms with van der Waals surface area (Å²) in [5.74, 6) is 0.467. The Kier molecular flexibility index (Phi) is 4.28. The standard InChI is InChI=1S/C18H24BrN3O4/c1-10-14(15(20)26-22-10)16(24)25-7-13(23)21-9-17-3-11-2-12(4-17)6-18(19,5-11)8-17/h11-12H,2-9,20H2,1H3,(H,21,23)/t11-,12-,17?,18?/m1/s1. The maximum absolute atomic E-state index is 12.2. The van der Waals surface area contributed by atoms with Crippen molar-refractivity contribution in [3.63, 3.8) is 0 Å². The molecule has 0 spiro atoms. The zero-order chi connectivity index (χ0) is 18.5. The largest absolute Gasteiger partial charge is 0.452 e. The third kappa shape index (κ3) is 3.23. The second-order valence-electron chi connectivity index (χ2n) is 8.47. The smallest absolute Gasteiger partial charge is 0.346 e. The molecule has 1 aromatic heterocycles. The van der Waals surface area contributed by atoms with E-state index in [0.29, 0.717) is 12.2 Å². The van der Waals surface area contributed by atoms with Crippen molar-refractivity contribution in [1.29, 1.82) is 0 Å². The molecule has 3 N–H and O–H groups in total. The molecule has 142 valence electrons. The Morgan fingerprint density at radius 2 is 2.04 bits per heavy atom. The summed E-state index contributed by atoms with van der Waals surface area (Å²) in [7, 11) is 0. The van der Waals surface area contributed by atoms with Gasteiger partial charge in [-0.25, -0.2) is 4.79 Å². The SMILES string of the molecule is Cc1noc(N)c1C(=O)OCC(=O)NCC12C[C@H]3C[C@@H](CC(Br)(C3)C1)C2. The van der Waals surface area contributed by atoms with Gasteiger partial charge >= 0.3 is 5.97 Å². The van der Waals surface area contributed by atoms with Gasteiger partial charge in [0.15, 0.2) is 6.61 Å². The fourth-order valence-corrected chi connectivity index (χ4v) is 7.23. The third-order valence-corrected chi connectivity index (χ3v) is 7.13. The maximum atomic E-state index is 12.2. The Hall–Kier alpha value is -1.57. The summed E-state index contributed by atoms with van der Waals surface area (Å²) in [5.41, 5.74) is 6.17. The van der Waals surface area contributed by atoms with Crippen LogP contribution >= 0.6 is 15.9 Å². The molecule has 1 heterocycles. The van der Waals surface area contributed by atoms with Crippen molar-refractivity contribution in [3.8, 4) is 0 Å². The van der Waals surface area contributed by atoms with Gasteiger partial charge in [-0.2, -0.15) is 0 Å². The monoisotopic (exact) mass is 425 g/mol. The van der Waals surface area contributed by atoms with Crippen LogP contribution < -0.4 is 11.1 Å². The Balaban J connectivity index is 1.30. The fraction of sp³-hybridized carbons (Fsp3) is 0.722. The average molecular weight is 426 g/mol. The van der Waals surface area contributed by atoms with Crippen molar-refractivity contribution in [2.45, 2.75) is 49.8 Å². The van der Waals surface area contributed by atoms with Crippen LogP contribution in [-0.4, -0.2) is 34.5 Å². The van der Waals surface area contributed by atoms with E-state index in [1.165, 1.54) is 32.1 Å². The van der Waals surface area contributed by atoms with Crippen LogP contribution in [-0.2, 0) is 9.53 Å².